The van der Waals surface area contributed by atoms with E-state index >= 15 is 0 Å². The average molecular weight is 597 g/mol. The third-order valence-corrected chi connectivity index (χ3v) is 8.88. The van der Waals surface area contributed by atoms with E-state index in [-0.39, 0.29) is 29.1 Å². The molecule has 2 N–H and O–H groups in total. The second kappa shape index (κ2) is 14.1. The monoisotopic (exact) mass is 596 g/mol. The fourth-order valence-corrected chi connectivity index (χ4v) is 6.04. The van der Waals surface area contributed by atoms with E-state index in [9.17, 15) is 18.0 Å². The minimum absolute atomic E-state index is 0.0433. The number of amides is 2. The van der Waals surface area contributed by atoms with Gasteiger partial charge in [-0.1, -0.05) is 55.1 Å². The molecule has 1 aliphatic carbocycles. The summed E-state index contributed by atoms with van der Waals surface area (Å²) in [5.74, 6) is -0.244. The highest BCUT2D eigenvalue weighted by atomic mass is 35.5. The van der Waals surface area contributed by atoms with E-state index < -0.39 is 22.5 Å². The molecule has 0 spiro atoms. The summed E-state index contributed by atoms with van der Waals surface area (Å²) in [6.45, 7) is 1.23. The van der Waals surface area contributed by atoms with Crippen molar-refractivity contribution in [1.82, 2.24) is 10.7 Å². The van der Waals surface area contributed by atoms with Gasteiger partial charge >= 0.3 is 0 Å². The first-order valence-corrected chi connectivity index (χ1v) is 15.2. The predicted molar refractivity (Wildman–Crippen MR) is 160 cm³/mol. The Morgan fingerprint density at radius 2 is 1.71 bits per heavy atom. The third kappa shape index (κ3) is 8.55. The Morgan fingerprint density at radius 3 is 2.39 bits per heavy atom. The molecule has 1 aliphatic rings. The van der Waals surface area contributed by atoms with Crippen molar-refractivity contribution in [3.63, 3.8) is 0 Å². The summed E-state index contributed by atoms with van der Waals surface area (Å²) in [4.78, 5) is 25.0. The van der Waals surface area contributed by atoms with Crippen LogP contribution in [-0.4, -0.2) is 45.6 Å². The van der Waals surface area contributed by atoms with Crippen LogP contribution in [0.3, 0.4) is 0 Å². The van der Waals surface area contributed by atoms with E-state index in [0.29, 0.717) is 16.3 Å². The fraction of sp³-hybridized carbons (Fsp3) is 0.300. The second-order valence-electron chi connectivity index (χ2n) is 9.81. The lowest BCUT2D eigenvalue weighted by Gasteiger charge is -2.24. The van der Waals surface area contributed by atoms with E-state index in [1.165, 1.54) is 30.8 Å². The Bertz CT molecular complexity index is 1470. The molecule has 2 amide bonds. The standard InChI is InChI=1S/C30H33ClN4O5S/c1-22-12-15-25(18-28(22)31)35(41(38,39)27-10-6-3-7-11-27)20-29(36)34-32-19-23-13-16-26(17-14-23)40-21-30(37)33-24-8-4-2-5-9-24/h3,6-7,10-19,24H,2,4-5,8-9,20-21H2,1H3,(H,33,37)(H,34,36)/b32-19-. The summed E-state index contributed by atoms with van der Waals surface area (Å²) < 4.78 is 33.4. The van der Waals surface area contributed by atoms with Crippen molar-refractivity contribution in [2.45, 2.75) is 50.0 Å². The first kappa shape index (κ1) is 30.1. The molecule has 9 nitrogen and oxygen atoms in total. The zero-order valence-corrected chi connectivity index (χ0v) is 24.3. The maximum atomic E-state index is 13.4. The minimum atomic E-state index is -4.06. The van der Waals surface area contributed by atoms with Gasteiger partial charge in [0.25, 0.3) is 21.8 Å². The molecule has 0 radical (unpaired) electrons. The van der Waals surface area contributed by atoms with Crippen molar-refractivity contribution >= 4 is 45.3 Å². The smallest absolute Gasteiger partial charge is 0.264 e. The van der Waals surface area contributed by atoms with E-state index in [1.54, 1.807) is 61.5 Å². The molecule has 0 aromatic heterocycles. The van der Waals surface area contributed by atoms with Crippen LogP contribution >= 0.6 is 11.6 Å². The quantitative estimate of drug-likeness (QED) is 0.243. The lowest BCUT2D eigenvalue weighted by molar-refractivity contribution is -0.124. The molecule has 1 fully saturated rings. The fourth-order valence-electron chi connectivity index (χ4n) is 4.43. The Labute approximate surface area is 245 Å². The maximum absolute atomic E-state index is 13.4. The first-order chi connectivity index (χ1) is 19.7. The van der Waals surface area contributed by atoms with Gasteiger partial charge in [-0.25, -0.2) is 13.8 Å². The van der Waals surface area contributed by atoms with Crippen LogP contribution in [0.25, 0.3) is 0 Å². The Balaban J connectivity index is 1.34. The maximum Gasteiger partial charge on any atom is 0.264 e. The number of carbonyl (C=O) groups is 2. The van der Waals surface area contributed by atoms with Crippen LogP contribution in [0.2, 0.25) is 5.02 Å². The molecule has 3 aromatic rings. The summed E-state index contributed by atoms with van der Waals surface area (Å²) in [5.41, 5.74) is 4.09. The van der Waals surface area contributed by atoms with Crippen molar-refractivity contribution in [1.29, 1.82) is 0 Å². The number of anilines is 1. The van der Waals surface area contributed by atoms with E-state index in [4.69, 9.17) is 16.3 Å². The molecule has 0 heterocycles. The molecule has 4 rings (SSSR count). The second-order valence-corrected chi connectivity index (χ2v) is 12.1. The Kier molecular flexibility index (Phi) is 10.4. The average Bonchev–Trinajstić information content (AvgIpc) is 2.98. The summed E-state index contributed by atoms with van der Waals surface area (Å²) in [5, 5.41) is 7.36. The summed E-state index contributed by atoms with van der Waals surface area (Å²) in [6, 6.07) is 19.7. The molecule has 3 aromatic carbocycles. The molecular weight excluding hydrogens is 564 g/mol. The van der Waals surface area contributed by atoms with Crippen LogP contribution in [0.15, 0.2) is 82.8 Å². The zero-order valence-electron chi connectivity index (χ0n) is 22.8. The topological polar surface area (TPSA) is 117 Å². The van der Waals surface area contributed by atoms with Gasteiger partial charge < -0.3 is 10.1 Å². The van der Waals surface area contributed by atoms with Crippen LogP contribution in [0, 0.1) is 6.92 Å². The summed E-state index contributed by atoms with van der Waals surface area (Å²) in [7, 11) is -4.06. The van der Waals surface area contributed by atoms with Crippen LogP contribution in [0.1, 0.15) is 43.2 Å². The lowest BCUT2D eigenvalue weighted by Crippen LogP contribution is -2.39. The van der Waals surface area contributed by atoms with Gasteiger partial charge in [0.05, 0.1) is 16.8 Å². The first-order valence-electron chi connectivity index (χ1n) is 13.4. The Morgan fingerprint density at radius 1 is 1.00 bits per heavy atom. The molecule has 216 valence electrons. The van der Waals surface area contributed by atoms with Crippen LogP contribution in [-0.2, 0) is 19.6 Å². The highest BCUT2D eigenvalue weighted by Gasteiger charge is 2.27. The molecule has 0 saturated heterocycles. The third-order valence-electron chi connectivity index (χ3n) is 6.69. The van der Waals surface area contributed by atoms with Crippen molar-refractivity contribution in [3.8, 4) is 5.75 Å². The van der Waals surface area contributed by atoms with Crippen molar-refractivity contribution in [3.05, 3.63) is 88.9 Å². The lowest BCUT2D eigenvalue weighted by atomic mass is 9.95. The summed E-state index contributed by atoms with van der Waals surface area (Å²) >= 11 is 6.25. The van der Waals surface area contributed by atoms with Crippen molar-refractivity contribution in [2.75, 3.05) is 17.5 Å². The number of halogens is 1. The molecule has 41 heavy (non-hydrogen) atoms. The zero-order chi connectivity index (χ0) is 29.2. The molecule has 1 saturated carbocycles. The number of aryl methyl sites for hydroxylation is 1. The minimum Gasteiger partial charge on any atom is -0.484 e. The molecule has 0 bridgehead atoms. The van der Waals surface area contributed by atoms with Crippen molar-refractivity contribution < 1.29 is 22.7 Å². The van der Waals surface area contributed by atoms with Crippen molar-refractivity contribution in [2.24, 2.45) is 5.10 Å². The number of carbonyl (C=O) groups excluding carboxylic acids is 2. The van der Waals surface area contributed by atoms with Gasteiger partial charge in [0, 0.05) is 11.1 Å². The molecule has 0 aliphatic heterocycles. The van der Waals surface area contributed by atoms with Gasteiger partial charge in [-0.3, -0.25) is 13.9 Å². The SMILES string of the molecule is Cc1ccc(N(CC(=O)N/N=C\c2ccc(OCC(=O)NC3CCCCC3)cc2)S(=O)(=O)c2ccccc2)cc1Cl. The largest absolute Gasteiger partial charge is 0.484 e. The van der Waals surface area contributed by atoms with Gasteiger partial charge in [-0.15, -0.1) is 0 Å². The van der Waals surface area contributed by atoms with Crippen LogP contribution < -0.4 is 19.8 Å². The Hall–Kier alpha value is -3.89. The highest BCUT2D eigenvalue weighted by Crippen LogP contribution is 2.28. The molecule has 11 heteroatoms. The number of hydrogen-bond donors (Lipinski definition) is 2. The number of hydrogen-bond acceptors (Lipinski definition) is 6. The van der Waals surface area contributed by atoms with Crippen LogP contribution in [0.4, 0.5) is 5.69 Å². The number of nitrogens with one attached hydrogen (secondary N) is 2. The normalized spacial score (nSPS) is 14.0. The number of nitrogens with zero attached hydrogens (tertiary/aromatic N) is 2. The number of sulfonamides is 1. The van der Waals surface area contributed by atoms with E-state index in [1.807, 2.05) is 0 Å². The molecular formula is C30H33ClN4O5S. The van der Waals surface area contributed by atoms with Gasteiger partial charge in [0.1, 0.15) is 12.3 Å². The number of ether oxygens (including phenoxy) is 1. The number of rotatable bonds is 11. The van der Waals surface area contributed by atoms with Gasteiger partial charge in [-0.2, -0.15) is 5.10 Å². The number of benzene rings is 3. The van der Waals surface area contributed by atoms with E-state index in [2.05, 4.69) is 15.8 Å². The molecule has 0 atom stereocenters. The predicted octanol–water partition coefficient (Wildman–Crippen LogP) is 4.82. The summed E-state index contributed by atoms with van der Waals surface area (Å²) in [6.07, 6.45) is 6.95. The highest BCUT2D eigenvalue weighted by molar-refractivity contribution is 7.92. The molecule has 0 unspecified atom stereocenters. The number of hydrazone groups is 1. The van der Waals surface area contributed by atoms with Gasteiger partial charge in [0.15, 0.2) is 6.61 Å². The van der Waals surface area contributed by atoms with Crippen LogP contribution in [0.5, 0.6) is 5.75 Å². The van der Waals surface area contributed by atoms with E-state index in [0.717, 1.165) is 35.6 Å². The van der Waals surface area contributed by atoms with Gasteiger partial charge in [0.2, 0.25) is 0 Å². The van der Waals surface area contributed by atoms with Gasteiger partial charge in [-0.05, 0) is 79.4 Å².